The van der Waals surface area contributed by atoms with E-state index in [1.54, 1.807) is 15.6 Å². The SMILES string of the molecule is O=C(c1cc2ccccc2[nH]1)N1CCn2ncc(S(=O)(=O)N3CCC(F)(F)CC3)c2C1. The van der Waals surface area contributed by atoms with E-state index in [-0.39, 0.29) is 30.4 Å². The van der Waals surface area contributed by atoms with Crippen molar-refractivity contribution >= 4 is 26.8 Å². The Labute approximate surface area is 177 Å². The maximum atomic E-state index is 13.5. The van der Waals surface area contributed by atoms with Crippen molar-refractivity contribution in [1.82, 2.24) is 24.0 Å². The van der Waals surface area contributed by atoms with Crippen LogP contribution in [0.5, 0.6) is 0 Å². The Kier molecular flexibility index (Phi) is 4.63. The summed E-state index contributed by atoms with van der Waals surface area (Å²) in [6, 6.07) is 9.32. The molecule has 2 aliphatic heterocycles. The lowest BCUT2D eigenvalue weighted by Gasteiger charge is -2.32. The summed E-state index contributed by atoms with van der Waals surface area (Å²) in [6.07, 6.45) is 0.260. The molecule has 0 bridgehead atoms. The van der Waals surface area contributed by atoms with Gasteiger partial charge in [-0.25, -0.2) is 17.2 Å². The summed E-state index contributed by atoms with van der Waals surface area (Å²) >= 11 is 0. The van der Waals surface area contributed by atoms with Crippen molar-refractivity contribution in [2.75, 3.05) is 19.6 Å². The van der Waals surface area contributed by atoms with E-state index in [9.17, 15) is 22.0 Å². The fraction of sp³-hybridized carbons (Fsp3) is 0.400. The molecule has 0 saturated carbocycles. The Hall–Kier alpha value is -2.79. The van der Waals surface area contributed by atoms with E-state index >= 15 is 0 Å². The number of H-pyrrole nitrogens is 1. The normalized spacial score (nSPS) is 19.5. The van der Waals surface area contributed by atoms with Crippen LogP contribution in [0.3, 0.4) is 0 Å². The van der Waals surface area contributed by atoms with E-state index < -0.39 is 28.8 Å². The van der Waals surface area contributed by atoms with Crippen molar-refractivity contribution in [3.05, 3.63) is 47.9 Å². The number of rotatable bonds is 3. The van der Waals surface area contributed by atoms with Crippen molar-refractivity contribution in [1.29, 1.82) is 0 Å². The minimum atomic E-state index is -3.97. The third kappa shape index (κ3) is 3.51. The summed E-state index contributed by atoms with van der Waals surface area (Å²) < 4.78 is 55.8. The molecule has 1 saturated heterocycles. The van der Waals surface area contributed by atoms with Gasteiger partial charge in [-0.2, -0.15) is 9.40 Å². The number of hydrogen-bond acceptors (Lipinski definition) is 4. The number of carbonyl (C=O) groups is 1. The number of fused-ring (bicyclic) bond motifs is 2. The molecule has 1 aromatic carbocycles. The molecule has 2 aliphatic rings. The molecule has 0 unspecified atom stereocenters. The van der Waals surface area contributed by atoms with Crippen LogP contribution in [0.1, 0.15) is 29.0 Å². The molecule has 0 aliphatic carbocycles. The third-order valence-corrected chi connectivity index (χ3v) is 7.89. The third-order valence-electron chi connectivity index (χ3n) is 5.95. The number of hydrogen-bond donors (Lipinski definition) is 1. The minimum Gasteiger partial charge on any atom is -0.351 e. The van der Waals surface area contributed by atoms with E-state index in [2.05, 4.69) is 10.1 Å². The summed E-state index contributed by atoms with van der Waals surface area (Å²) in [4.78, 5) is 17.7. The number of aromatic nitrogens is 3. The molecule has 5 rings (SSSR count). The van der Waals surface area contributed by atoms with Crippen molar-refractivity contribution in [2.45, 2.75) is 36.7 Å². The molecule has 31 heavy (non-hydrogen) atoms. The molecule has 0 spiro atoms. The fourth-order valence-electron chi connectivity index (χ4n) is 4.16. The van der Waals surface area contributed by atoms with Gasteiger partial charge in [-0.15, -0.1) is 0 Å². The van der Waals surface area contributed by atoms with E-state index in [4.69, 9.17) is 0 Å². The maximum Gasteiger partial charge on any atom is 0.270 e. The lowest BCUT2D eigenvalue weighted by atomic mass is 10.1. The summed E-state index contributed by atoms with van der Waals surface area (Å²) in [5.74, 6) is -3.07. The van der Waals surface area contributed by atoms with Crippen molar-refractivity contribution in [2.24, 2.45) is 0 Å². The van der Waals surface area contributed by atoms with Gasteiger partial charge >= 0.3 is 0 Å². The number of para-hydroxylation sites is 1. The predicted octanol–water partition coefficient (Wildman–Crippen LogP) is 2.44. The topological polar surface area (TPSA) is 91.3 Å². The molecule has 0 radical (unpaired) electrons. The van der Waals surface area contributed by atoms with Gasteiger partial charge in [-0.3, -0.25) is 9.48 Å². The highest BCUT2D eigenvalue weighted by Gasteiger charge is 2.40. The zero-order valence-electron chi connectivity index (χ0n) is 16.6. The number of carbonyl (C=O) groups excluding carboxylic acids is 1. The molecule has 0 atom stereocenters. The first kappa shape index (κ1) is 20.1. The first-order chi connectivity index (χ1) is 14.7. The van der Waals surface area contributed by atoms with Gasteiger partial charge in [0.2, 0.25) is 10.0 Å². The van der Waals surface area contributed by atoms with E-state index in [1.165, 1.54) is 6.20 Å². The lowest BCUT2D eigenvalue weighted by Crippen LogP contribution is -2.43. The van der Waals surface area contributed by atoms with Crippen LogP contribution in [0.2, 0.25) is 0 Å². The molecular formula is C20H21F2N5O3S. The van der Waals surface area contributed by atoms with Crippen molar-refractivity contribution in [3.8, 4) is 0 Å². The van der Waals surface area contributed by atoms with Gasteiger partial charge in [0.25, 0.3) is 11.8 Å². The van der Waals surface area contributed by atoms with E-state index in [0.29, 0.717) is 24.5 Å². The molecule has 164 valence electrons. The van der Waals surface area contributed by atoms with Crippen LogP contribution in [-0.2, 0) is 23.1 Å². The van der Waals surface area contributed by atoms with Crippen molar-refractivity contribution < 1.29 is 22.0 Å². The van der Waals surface area contributed by atoms with Crippen LogP contribution >= 0.6 is 0 Å². The van der Waals surface area contributed by atoms with Crippen molar-refractivity contribution in [3.63, 3.8) is 0 Å². The monoisotopic (exact) mass is 449 g/mol. The molecular weight excluding hydrogens is 428 g/mol. The van der Waals surface area contributed by atoms with Crippen LogP contribution in [-0.4, -0.2) is 63.9 Å². The molecule has 11 heteroatoms. The summed E-state index contributed by atoms with van der Waals surface area (Å²) in [7, 11) is -3.97. The highest BCUT2D eigenvalue weighted by Crippen LogP contribution is 2.32. The Morgan fingerprint density at radius 3 is 2.58 bits per heavy atom. The second kappa shape index (κ2) is 7.13. The first-order valence-corrected chi connectivity index (χ1v) is 11.5. The van der Waals surface area contributed by atoms with Gasteiger partial charge in [0, 0.05) is 43.4 Å². The number of amides is 1. The number of aromatic amines is 1. The maximum absolute atomic E-state index is 13.5. The predicted molar refractivity (Wildman–Crippen MR) is 108 cm³/mol. The zero-order chi connectivity index (χ0) is 21.8. The number of nitrogens with zero attached hydrogens (tertiary/aromatic N) is 4. The number of sulfonamides is 1. The van der Waals surface area contributed by atoms with E-state index in [0.717, 1.165) is 15.2 Å². The Bertz CT molecular complexity index is 1220. The van der Waals surface area contributed by atoms with Crippen LogP contribution in [0.25, 0.3) is 10.9 Å². The van der Waals surface area contributed by atoms with Crippen LogP contribution < -0.4 is 0 Å². The minimum absolute atomic E-state index is 0.0214. The number of halogens is 2. The first-order valence-electron chi connectivity index (χ1n) is 10.0. The number of alkyl halides is 2. The quantitative estimate of drug-likeness (QED) is 0.665. The van der Waals surface area contributed by atoms with Gasteiger partial charge in [0.1, 0.15) is 10.6 Å². The Balaban J connectivity index is 1.40. The van der Waals surface area contributed by atoms with Crippen LogP contribution in [0.15, 0.2) is 41.4 Å². The van der Waals surface area contributed by atoms with Gasteiger partial charge in [0.15, 0.2) is 0 Å². The van der Waals surface area contributed by atoms with Gasteiger partial charge in [-0.05, 0) is 12.1 Å². The van der Waals surface area contributed by atoms with Gasteiger partial charge in [0.05, 0.1) is 25.0 Å². The lowest BCUT2D eigenvalue weighted by molar-refractivity contribution is -0.0412. The van der Waals surface area contributed by atoms with Crippen LogP contribution in [0.4, 0.5) is 8.78 Å². The van der Waals surface area contributed by atoms with Gasteiger partial charge < -0.3 is 9.88 Å². The van der Waals surface area contributed by atoms with Gasteiger partial charge in [-0.1, -0.05) is 18.2 Å². The molecule has 8 nitrogen and oxygen atoms in total. The zero-order valence-corrected chi connectivity index (χ0v) is 17.4. The molecule has 1 N–H and O–H groups in total. The Morgan fingerprint density at radius 1 is 1.10 bits per heavy atom. The standard InChI is InChI=1S/C20H21F2N5O3S/c21-20(22)5-7-26(8-6-20)31(29,30)18-12-23-27-10-9-25(13-17(18)27)19(28)16-11-14-3-1-2-4-15(14)24-16/h1-4,11-12,24H,5-10,13H2. The molecule has 1 amide bonds. The van der Waals surface area contributed by atoms with E-state index in [1.807, 2.05) is 24.3 Å². The fourth-order valence-corrected chi connectivity index (χ4v) is 5.75. The second-order valence-electron chi connectivity index (χ2n) is 7.94. The summed E-state index contributed by atoms with van der Waals surface area (Å²) in [5, 5.41) is 5.08. The largest absolute Gasteiger partial charge is 0.351 e. The Morgan fingerprint density at radius 2 is 1.84 bits per heavy atom. The number of piperidine rings is 1. The average molecular weight is 449 g/mol. The highest BCUT2D eigenvalue weighted by atomic mass is 32.2. The summed E-state index contributed by atoms with van der Waals surface area (Å²) in [6.45, 7) is 0.343. The molecule has 3 aromatic rings. The summed E-state index contributed by atoms with van der Waals surface area (Å²) in [5.41, 5.74) is 1.67. The second-order valence-corrected chi connectivity index (χ2v) is 9.84. The average Bonchev–Trinajstić information content (AvgIpc) is 3.37. The molecule has 4 heterocycles. The smallest absolute Gasteiger partial charge is 0.270 e. The highest BCUT2D eigenvalue weighted by molar-refractivity contribution is 7.89. The van der Waals surface area contributed by atoms with Crippen LogP contribution in [0, 0.1) is 0 Å². The molecule has 1 fully saturated rings. The number of benzene rings is 1. The molecule has 2 aromatic heterocycles. The number of nitrogens with one attached hydrogen (secondary N) is 1.